The minimum atomic E-state index is -4.54. The van der Waals surface area contributed by atoms with E-state index in [1.54, 1.807) is 23.1 Å². The zero-order chi connectivity index (χ0) is 49.4. The number of phosphoric acid groups is 2. The van der Waals surface area contributed by atoms with E-state index < -0.39 is 21.6 Å². The van der Waals surface area contributed by atoms with Crippen LogP contribution in [0.15, 0.2) is 175 Å². The summed E-state index contributed by atoms with van der Waals surface area (Å²) in [6, 6.07) is 44.3. The van der Waals surface area contributed by atoms with Gasteiger partial charge in [-0.2, -0.15) is 0 Å². The number of amides is 1. The van der Waals surface area contributed by atoms with Gasteiger partial charge in [0.15, 0.2) is 11.5 Å². The topological polar surface area (TPSA) is 142 Å². The number of para-hydroxylation sites is 1. The van der Waals surface area contributed by atoms with Crippen LogP contribution in [0.2, 0.25) is 0 Å². The molecule has 7 rings (SSSR count). The third-order valence-corrected chi connectivity index (χ3v) is 14.2. The van der Waals surface area contributed by atoms with Crippen molar-refractivity contribution in [2.75, 3.05) is 16.8 Å². The molecule has 366 valence electrons. The first-order chi connectivity index (χ1) is 33.8. The van der Waals surface area contributed by atoms with Gasteiger partial charge in [-0.3, -0.25) is 22.9 Å². The van der Waals surface area contributed by atoms with Crippen LogP contribution in [0.5, 0.6) is 17.2 Å². The molecule has 1 aliphatic heterocycles. The third kappa shape index (κ3) is 15.1. The van der Waals surface area contributed by atoms with Crippen molar-refractivity contribution in [3.8, 4) is 17.2 Å². The highest BCUT2D eigenvalue weighted by atomic mass is 31.2. The normalized spacial score (nSPS) is 13.1. The number of allylic oxidation sites excluding steroid dienone is 4. The number of rotatable bonds is 25. The molecule has 0 saturated carbocycles. The highest BCUT2D eigenvalue weighted by molar-refractivity contribution is 7.49. The van der Waals surface area contributed by atoms with Gasteiger partial charge >= 0.3 is 15.6 Å². The molecule has 1 unspecified atom stereocenters. The molecule has 0 fully saturated rings. The lowest BCUT2D eigenvalue weighted by molar-refractivity contribution is 0.0986. The minimum absolute atomic E-state index is 0.0360. The Morgan fingerprint density at radius 3 is 1.57 bits per heavy atom. The minimum Gasteiger partial charge on any atom is -0.508 e. The second-order valence-corrected chi connectivity index (χ2v) is 20.7. The average molecular weight is 985 g/mol. The van der Waals surface area contributed by atoms with Crippen LogP contribution < -0.4 is 19.3 Å². The van der Waals surface area contributed by atoms with E-state index in [2.05, 4.69) is 45.2 Å². The Hall–Kier alpha value is -6.23. The molecular formula is C56H62N2O10P2. The summed E-state index contributed by atoms with van der Waals surface area (Å²) in [6.45, 7) is 8.29. The first-order valence-corrected chi connectivity index (χ1v) is 26.5. The summed E-state index contributed by atoms with van der Waals surface area (Å²) in [5.74, 6) is -0.705. The summed E-state index contributed by atoms with van der Waals surface area (Å²) in [5.41, 5.74) is 6.16. The van der Waals surface area contributed by atoms with Crippen molar-refractivity contribution < 1.29 is 46.2 Å². The predicted octanol–water partition coefficient (Wildman–Crippen LogP) is 15.4. The van der Waals surface area contributed by atoms with Crippen LogP contribution in [0.1, 0.15) is 92.4 Å². The van der Waals surface area contributed by atoms with Crippen molar-refractivity contribution >= 4 is 38.6 Å². The van der Waals surface area contributed by atoms with Crippen LogP contribution in [0.3, 0.4) is 0 Å². The molecule has 0 spiro atoms. The number of phosphoric ester groups is 2. The predicted molar refractivity (Wildman–Crippen MR) is 276 cm³/mol. The molecule has 0 saturated heterocycles. The van der Waals surface area contributed by atoms with Gasteiger partial charge in [0.25, 0.3) is 5.91 Å². The van der Waals surface area contributed by atoms with Crippen molar-refractivity contribution in [1.29, 1.82) is 0 Å². The quantitative estimate of drug-likeness (QED) is 0.0321. The molecule has 6 aromatic carbocycles. The number of carbonyl (C=O) groups excluding carboxylic acids is 1. The van der Waals surface area contributed by atoms with Crippen molar-refractivity contribution in [2.45, 2.75) is 86.2 Å². The number of nitrogens with one attached hydrogen (secondary N) is 1. The second-order valence-electron chi connectivity index (χ2n) is 17.6. The van der Waals surface area contributed by atoms with E-state index in [1.165, 1.54) is 23.3 Å². The lowest BCUT2D eigenvalue weighted by Crippen LogP contribution is -2.32. The molecule has 0 aromatic heterocycles. The number of carbonyl (C=O) groups is 1. The molecule has 1 aliphatic rings. The van der Waals surface area contributed by atoms with Gasteiger partial charge in [0, 0.05) is 18.7 Å². The van der Waals surface area contributed by atoms with Gasteiger partial charge in [-0.05, 0) is 93.2 Å². The van der Waals surface area contributed by atoms with Crippen molar-refractivity contribution in [1.82, 2.24) is 0 Å². The Morgan fingerprint density at radius 1 is 0.600 bits per heavy atom. The van der Waals surface area contributed by atoms with Crippen LogP contribution in [0.25, 0.3) is 0 Å². The molecular weight excluding hydrogens is 923 g/mol. The number of benzene rings is 6. The molecule has 6 aromatic rings. The van der Waals surface area contributed by atoms with Crippen molar-refractivity contribution in [2.24, 2.45) is 5.92 Å². The Balaban J connectivity index is 1.25. The van der Waals surface area contributed by atoms with Gasteiger partial charge in [-0.1, -0.05) is 158 Å². The lowest BCUT2D eigenvalue weighted by Gasteiger charge is -2.26. The van der Waals surface area contributed by atoms with Crippen molar-refractivity contribution in [3.63, 3.8) is 0 Å². The summed E-state index contributed by atoms with van der Waals surface area (Å²) in [7, 11) is -9.00. The van der Waals surface area contributed by atoms with E-state index in [4.69, 9.17) is 27.1 Å². The van der Waals surface area contributed by atoms with Crippen LogP contribution in [0.4, 0.5) is 17.1 Å². The van der Waals surface area contributed by atoms with Gasteiger partial charge in [-0.25, -0.2) is 9.13 Å². The van der Waals surface area contributed by atoms with E-state index in [9.17, 15) is 14.2 Å². The first-order valence-electron chi connectivity index (χ1n) is 23.6. The smallest absolute Gasteiger partial charge is 0.508 e. The molecule has 1 heterocycles. The van der Waals surface area contributed by atoms with Crippen molar-refractivity contribution in [3.05, 3.63) is 203 Å². The van der Waals surface area contributed by atoms with Gasteiger partial charge in [-0.15, -0.1) is 0 Å². The zero-order valence-corrected chi connectivity index (χ0v) is 42.0. The van der Waals surface area contributed by atoms with Gasteiger partial charge in [0.1, 0.15) is 11.4 Å². The SMILES string of the molecule is CC(C)=CCC/C(C)=C/CCC(C)CCN1C(=O)c2cccc(OP(=O)(OCc3ccccc3)OCc3ccccc3)c2Nc2c(OP(=O)(OCc3ccccc3)OCc3ccccc3)cc(O)cc21. The Labute approximate surface area is 412 Å². The Kier molecular flexibility index (Phi) is 18.5. The van der Waals surface area contributed by atoms with Crippen LogP contribution in [-0.2, 0) is 53.7 Å². The van der Waals surface area contributed by atoms with Crippen LogP contribution in [-0.4, -0.2) is 17.6 Å². The maximum Gasteiger partial charge on any atom is 0.530 e. The molecule has 70 heavy (non-hydrogen) atoms. The van der Waals surface area contributed by atoms with E-state index in [1.807, 2.05) is 121 Å². The monoisotopic (exact) mass is 984 g/mol. The number of hydrogen-bond donors (Lipinski definition) is 2. The maximum atomic E-state index is 15.1. The summed E-state index contributed by atoms with van der Waals surface area (Å²) in [5, 5.41) is 14.8. The summed E-state index contributed by atoms with van der Waals surface area (Å²) in [6.07, 6.45) is 8.91. The van der Waals surface area contributed by atoms with Crippen LogP contribution in [0, 0.1) is 5.92 Å². The van der Waals surface area contributed by atoms with E-state index >= 15 is 4.79 Å². The first kappa shape index (κ1) is 51.6. The largest absolute Gasteiger partial charge is 0.530 e. The molecule has 12 nitrogen and oxygen atoms in total. The molecule has 0 bridgehead atoms. The second kappa shape index (κ2) is 25.1. The summed E-state index contributed by atoms with van der Waals surface area (Å²) >= 11 is 0. The fourth-order valence-corrected chi connectivity index (χ4v) is 10.0. The molecule has 1 atom stereocenters. The molecule has 0 aliphatic carbocycles. The number of phenolic OH excluding ortho intramolecular Hbond substituents is 1. The van der Waals surface area contributed by atoms with Gasteiger partial charge in [0.2, 0.25) is 0 Å². The molecule has 2 N–H and O–H groups in total. The standard InChI is InChI=1S/C56H62N2O10P2/c1-42(2)20-17-21-43(3)22-18-23-44(4)34-35-58-51-36-49(59)37-53(68-70(62,65-40-47-28-13-7-14-29-47)66-41-48-30-15-8-16-31-48)55(51)57-54-50(56(58)60)32-19-33-52(54)67-69(61,63-38-45-24-9-5-10-25-45)64-39-46-26-11-6-12-27-46/h5-16,19-20,22,24-33,36-37,44,57,59H,17-18,21,23,34-35,38-41H2,1-4H3/b43-22+. The highest BCUT2D eigenvalue weighted by Gasteiger charge is 2.37. The number of hydrogen-bond acceptors (Lipinski definition) is 11. The summed E-state index contributed by atoms with van der Waals surface area (Å²) < 4.78 is 66.5. The highest BCUT2D eigenvalue weighted by Crippen LogP contribution is 2.58. The van der Waals surface area contributed by atoms with E-state index in [-0.39, 0.29) is 78.8 Å². The number of aromatic hydroxyl groups is 1. The fraction of sp³-hybridized carbons (Fsp3) is 0.268. The summed E-state index contributed by atoms with van der Waals surface area (Å²) in [4.78, 5) is 16.6. The van der Waals surface area contributed by atoms with E-state index in [0.717, 1.165) is 36.8 Å². The number of fused-ring (bicyclic) bond motifs is 2. The van der Waals surface area contributed by atoms with Gasteiger partial charge < -0.3 is 24.4 Å². The number of nitrogens with zero attached hydrogens (tertiary/aromatic N) is 1. The van der Waals surface area contributed by atoms with Crippen LogP contribution >= 0.6 is 15.6 Å². The molecule has 14 heteroatoms. The Morgan fingerprint density at radius 2 is 1.09 bits per heavy atom. The van der Waals surface area contributed by atoms with Gasteiger partial charge in [0.05, 0.1) is 43.4 Å². The zero-order valence-electron chi connectivity index (χ0n) is 40.2. The number of anilines is 3. The maximum absolute atomic E-state index is 15.1. The fourth-order valence-electron chi connectivity index (χ4n) is 7.64. The molecule has 0 radical (unpaired) electrons. The lowest BCUT2D eigenvalue weighted by atomic mass is 9.99. The van der Waals surface area contributed by atoms with E-state index in [0.29, 0.717) is 17.5 Å². The Bertz CT molecular complexity index is 2710. The third-order valence-electron chi connectivity index (χ3n) is 11.5. The average Bonchev–Trinajstić information content (AvgIpc) is 3.48. The molecule has 1 amide bonds. The number of phenols is 1.